The largest absolute Gasteiger partial charge is 0.477 e. The zero-order valence-electron chi connectivity index (χ0n) is 12.6. The van der Waals surface area contributed by atoms with Gasteiger partial charge in [0, 0.05) is 18.5 Å². The molecule has 6 nitrogen and oxygen atoms in total. The number of nitrogens with one attached hydrogen (secondary N) is 1. The summed E-state index contributed by atoms with van der Waals surface area (Å²) in [6, 6.07) is 12.7. The van der Waals surface area contributed by atoms with Crippen LogP contribution in [0.2, 0.25) is 0 Å². The number of carbonyl (C=O) groups is 1. The molecule has 7 heteroatoms. The van der Waals surface area contributed by atoms with E-state index in [0.717, 1.165) is 16.1 Å². The number of rotatable bonds is 6. The minimum Gasteiger partial charge on any atom is -0.477 e. The third kappa shape index (κ3) is 3.76. The molecule has 0 aliphatic rings. The van der Waals surface area contributed by atoms with Crippen molar-refractivity contribution in [2.45, 2.75) is 6.42 Å². The van der Waals surface area contributed by atoms with Crippen LogP contribution in [0.5, 0.6) is 0 Å². The lowest BCUT2D eigenvalue weighted by molar-refractivity contribution is 0.0702. The van der Waals surface area contributed by atoms with Crippen molar-refractivity contribution in [2.24, 2.45) is 0 Å². The Labute approximate surface area is 142 Å². The molecule has 0 aliphatic carbocycles. The summed E-state index contributed by atoms with van der Waals surface area (Å²) in [4.78, 5) is 20.6. The van der Waals surface area contributed by atoms with Crippen molar-refractivity contribution in [3.05, 3.63) is 59.1 Å². The van der Waals surface area contributed by atoms with Crippen LogP contribution >= 0.6 is 11.3 Å². The van der Waals surface area contributed by atoms with Crippen LogP contribution < -0.4 is 5.32 Å². The molecule has 122 valence electrons. The molecule has 0 saturated heterocycles. The average molecular weight is 341 g/mol. The van der Waals surface area contributed by atoms with E-state index in [9.17, 15) is 4.79 Å². The van der Waals surface area contributed by atoms with Crippen LogP contribution in [0, 0.1) is 0 Å². The first-order chi connectivity index (χ1) is 11.7. The second kappa shape index (κ2) is 7.20. The summed E-state index contributed by atoms with van der Waals surface area (Å²) in [5.41, 5.74) is 2.56. The Morgan fingerprint density at radius 2 is 1.92 bits per heavy atom. The summed E-state index contributed by atoms with van der Waals surface area (Å²) in [6.45, 7) is 0.122. The van der Waals surface area contributed by atoms with E-state index in [1.54, 1.807) is 24.4 Å². The minimum absolute atomic E-state index is 0.122. The molecule has 24 heavy (non-hydrogen) atoms. The molecular weight excluding hydrogens is 326 g/mol. The fourth-order valence-corrected chi connectivity index (χ4v) is 2.97. The molecule has 0 saturated carbocycles. The Hall–Kier alpha value is -2.77. The first kappa shape index (κ1) is 16.1. The van der Waals surface area contributed by atoms with Gasteiger partial charge in [0.15, 0.2) is 0 Å². The van der Waals surface area contributed by atoms with Gasteiger partial charge in [-0.1, -0.05) is 12.1 Å². The summed E-state index contributed by atoms with van der Waals surface area (Å²) in [6.07, 6.45) is 2.25. The third-order valence-corrected chi connectivity index (χ3v) is 4.43. The molecule has 3 rings (SSSR count). The zero-order chi connectivity index (χ0) is 16.9. The van der Waals surface area contributed by atoms with Gasteiger partial charge >= 0.3 is 5.97 Å². The molecule has 2 aromatic heterocycles. The van der Waals surface area contributed by atoms with Gasteiger partial charge in [-0.2, -0.15) is 0 Å². The predicted octanol–water partition coefficient (Wildman–Crippen LogP) is 3.18. The van der Waals surface area contributed by atoms with Gasteiger partial charge in [-0.05, 0) is 42.3 Å². The molecule has 0 aliphatic heterocycles. The van der Waals surface area contributed by atoms with Crippen LogP contribution in [0.1, 0.15) is 15.2 Å². The number of nitrogens with zero attached hydrogens (tertiary/aromatic N) is 2. The highest BCUT2D eigenvalue weighted by Gasteiger charge is 2.10. The number of carboxylic acids is 1. The topological polar surface area (TPSA) is 95.3 Å². The highest BCUT2D eigenvalue weighted by molar-refractivity contribution is 7.17. The summed E-state index contributed by atoms with van der Waals surface area (Å²) in [7, 11) is 0. The number of hydrogen-bond donors (Lipinski definition) is 3. The van der Waals surface area contributed by atoms with E-state index in [2.05, 4.69) is 15.3 Å². The molecule has 0 fully saturated rings. The standard InChI is InChI=1S/C17H15N3O3S/c21-10-8-11-1-3-12(4-2-11)19-17-18-9-7-13(20-17)14-5-6-15(24-14)16(22)23/h1-7,9,21H,8,10H2,(H,22,23)(H,18,19,20). The van der Waals surface area contributed by atoms with E-state index in [4.69, 9.17) is 10.2 Å². The van der Waals surface area contributed by atoms with Gasteiger partial charge in [0.1, 0.15) is 4.88 Å². The molecular formula is C17H15N3O3S. The van der Waals surface area contributed by atoms with Gasteiger partial charge in [0.2, 0.25) is 5.95 Å². The number of carboxylic acid groups (broad SMARTS) is 1. The first-order valence-electron chi connectivity index (χ1n) is 7.29. The van der Waals surface area contributed by atoms with Crippen molar-refractivity contribution < 1.29 is 15.0 Å². The zero-order valence-corrected chi connectivity index (χ0v) is 13.5. The Bertz CT molecular complexity index is 846. The Kier molecular flexibility index (Phi) is 4.83. The molecule has 1 aromatic carbocycles. The third-order valence-electron chi connectivity index (χ3n) is 3.34. The maximum Gasteiger partial charge on any atom is 0.345 e. The minimum atomic E-state index is -0.943. The fraction of sp³-hybridized carbons (Fsp3) is 0.118. The molecule has 2 heterocycles. The van der Waals surface area contributed by atoms with E-state index >= 15 is 0 Å². The van der Waals surface area contributed by atoms with Gasteiger partial charge in [-0.25, -0.2) is 14.8 Å². The summed E-state index contributed by atoms with van der Waals surface area (Å²) < 4.78 is 0. The summed E-state index contributed by atoms with van der Waals surface area (Å²) in [5, 5.41) is 21.0. The van der Waals surface area contributed by atoms with E-state index in [0.29, 0.717) is 18.1 Å². The Morgan fingerprint density at radius 3 is 2.58 bits per heavy atom. The van der Waals surface area contributed by atoms with Crippen LogP contribution in [-0.4, -0.2) is 32.8 Å². The molecule has 0 atom stereocenters. The van der Waals surface area contributed by atoms with Crippen molar-refractivity contribution in [1.29, 1.82) is 0 Å². The number of anilines is 2. The van der Waals surface area contributed by atoms with E-state index in [1.165, 1.54) is 11.3 Å². The fourth-order valence-electron chi connectivity index (χ4n) is 2.16. The Morgan fingerprint density at radius 1 is 1.12 bits per heavy atom. The second-order valence-corrected chi connectivity index (χ2v) is 6.11. The molecule has 3 N–H and O–H groups in total. The van der Waals surface area contributed by atoms with E-state index in [-0.39, 0.29) is 11.5 Å². The van der Waals surface area contributed by atoms with Crippen LogP contribution in [-0.2, 0) is 6.42 Å². The number of hydrogen-bond acceptors (Lipinski definition) is 6. The number of aliphatic hydroxyl groups excluding tert-OH is 1. The summed E-state index contributed by atoms with van der Waals surface area (Å²) >= 11 is 1.18. The monoisotopic (exact) mass is 341 g/mol. The highest BCUT2D eigenvalue weighted by atomic mass is 32.1. The average Bonchev–Trinajstić information content (AvgIpc) is 3.08. The van der Waals surface area contributed by atoms with Crippen molar-refractivity contribution in [3.63, 3.8) is 0 Å². The molecule has 0 unspecified atom stereocenters. The number of aromatic carboxylic acids is 1. The maximum absolute atomic E-state index is 11.0. The molecule has 0 spiro atoms. The lowest BCUT2D eigenvalue weighted by Crippen LogP contribution is -1.98. The SMILES string of the molecule is O=C(O)c1ccc(-c2ccnc(Nc3ccc(CCO)cc3)n2)s1. The highest BCUT2D eigenvalue weighted by Crippen LogP contribution is 2.27. The normalized spacial score (nSPS) is 10.5. The van der Waals surface area contributed by atoms with Crippen LogP contribution in [0.3, 0.4) is 0 Å². The van der Waals surface area contributed by atoms with Crippen LogP contribution in [0.15, 0.2) is 48.7 Å². The number of aliphatic hydroxyl groups is 1. The molecule has 3 aromatic rings. The van der Waals surface area contributed by atoms with Crippen molar-refractivity contribution in [1.82, 2.24) is 9.97 Å². The molecule has 0 amide bonds. The molecule has 0 radical (unpaired) electrons. The van der Waals surface area contributed by atoms with E-state index < -0.39 is 5.97 Å². The number of thiophene rings is 1. The lowest BCUT2D eigenvalue weighted by Gasteiger charge is -2.06. The van der Waals surface area contributed by atoms with Gasteiger partial charge in [-0.15, -0.1) is 11.3 Å². The quantitative estimate of drug-likeness (QED) is 0.637. The molecule has 0 bridgehead atoms. The maximum atomic E-state index is 11.0. The van der Waals surface area contributed by atoms with Gasteiger partial charge in [0.05, 0.1) is 10.6 Å². The first-order valence-corrected chi connectivity index (χ1v) is 8.11. The van der Waals surface area contributed by atoms with Crippen molar-refractivity contribution in [3.8, 4) is 10.6 Å². The lowest BCUT2D eigenvalue weighted by atomic mass is 10.1. The summed E-state index contributed by atoms with van der Waals surface area (Å²) in [5.74, 6) is -0.505. The van der Waals surface area contributed by atoms with Gasteiger partial charge in [0.25, 0.3) is 0 Å². The number of aromatic nitrogens is 2. The second-order valence-electron chi connectivity index (χ2n) is 5.03. The van der Waals surface area contributed by atoms with Crippen LogP contribution in [0.4, 0.5) is 11.6 Å². The van der Waals surface area contributed by atoms with Crippen molar-refractivity contribution in [2.75, 3.05) is 11.9 Å². The smallest absolute Gasteiger partial charge is 0.345 e. The Balaban J connectivity index is 1.78. The van der Waals surface area contributed by atoms with E-state index in [1.807, 2.05) is 24.3 Å². The van der Waals surface area contributed by atoms with Gasteiger partial charge in [-0.3, -0.25) is 0 Å². The van der Waals surface area contributed by atoms with Gasteiger partial charge < -0.3 is 15.5 Å². The van der Waals surface area contributed by atoms with Crippen LogP contribution in [0.25, 0.3) is 10.6 Å². The predicted molar refractivity (Wildman–Crippen MR) is 92.8 cm³/mol. The number of benzene rings is 1. The van der Waals surface area contributed by atoms with Crippen molar-refractivity contribution >= 4 is 28.9 Å².